The van der Waals surface area contributed by atoms with E-state index in [1.807, 2.05) is 0 Å². The van der Waals surface area contributed by atoms with E-state index in [1.165, 1.54) is 24.5 Å². The van der Waals surface area contributed by atoms with Crippen LogP contribution in [0.15, 0.2) is 28.9 Å². The number of ether oxygens (including phenoxy) is 1. The Labute approximate surface area is 113 Å². The molecule has 1 N–H and O–H groups in total. The molecule has 0 amide bonds. The number of carbonyl (C=O) groups excluding carboxylic acids is 1. The third kappa shape index (κ3) is 3.23. The number of anilines is 2. The highest BCUT2D eigenvalue weighted by Gasteiger charge is 2.13. The smallest absolute Gasteiger partial charge is 0.360 e. The van der Waals surface area contributed by atoms with E-state index in [9.17, 15) is 9.18 Å². The van der Waals surface area contributed by atoms with Gasteiger partial charge in [0, 0.05) is 5.69 Å². The Balaban J connectivity index is 2.11. The predicted octanol–water partition coefficient (Wildman–Crippen LogP) is 3.39. The van der Waals surface area contributed by atoms with E-state index in [0.717, 1.165) is 0 Å². The average Bonchev–Trinajstić information content (AvgIpc) is 2.83. The van der Waals surface area contributed by atoms with Gasteiger partial charge in [0.1, 0.15) is 12.1 Å². The summed E-state index contributed by atoms with van der Waals surface area (Å²) in [5.74, 6) is -1.09. The van der Waals surface area contributed by atoms with Crippen LogP contribution in [-0.2, 0) is 4.74 Å². The van der Waals surface area contributed by atoms with Crippen LogP contribution in [0.25, 0.3) is 0 Å². The summed E-state index contributed by atoms with van der Waals surface area (Å²) in [4.78, 5) is 15.3. The monoisotopic (exact) mass is 284 g/mol. The van der Waals surface area contributed by atoms with E-state index in [0.29, 0.717) is 5.69 Å². The number of hydrogen-bond acceptors (Lipinski definition) is 5. The topological polar surface area (TPSA) is 64.4 Å². The van der Waals surface area contributed by atoms with Gasteiger partial charge in [-0.25, -0.2) is 9.18 Å². The fraction of sp³-hybridized carbons (Fsp3) is 0.167. The minimum Gasteiger partial charge on any atom is -0.461 e. The molecule has 100 valence electrons. The van der Waals surface area contributed by atoms with Crippen LogP contribution in [0.1, 0.15) is 17.4 Å². The molecule has 0 atom stereocenters. The van der Waals surface area contributed by atoms with Gasteiger partial charge in [-0.1, -0.05) is 11.6 Å². The minimum absolute atomic E-state index is 0.0258. The fourth-order valence-corrected chi connectivity index (χ4v) is 1.51. The van der Waals surface area contributed by atoms with Crippen molar-refractivity contribution in [1.29, 1.82) is 0 Å². The first kappa shape index (κ1) is 13.4. The summed E-state index contributed by atoms with van der Waals surface area (Å²) in [7, 11) is 0. The zero-order valence-corrected chi connectivity index (χ0v) is 10.7. The lowest BCUT2D eigenvalue weighted by Gasteiger charge is -2.02. The van der Waals surface area contributed by atoms with Crippen molar-refractivity contribution in [3.05, 3.63) is 41.0 Å². The Morgan fingerprint density at radius 1 is 1.58 bits per heavy atom. The molecule has 2 rings (SSSR count). The molecule has 5 nitrogen and oxygen atoms in total. The number of rotatable bonds is 4. The molecule has 1 heterocycles. The van der Waals surface area contributed by atoms with Gasteiger partial charge in [0.2, 0.25) is 0 Å². The van der Waals surface area contributed by atoms with Gasteiger partial charge in [-0.15, -0.1) is 0 Å². The van der Waals surface area contributed by atoms with Crippen LogP contribution in [-0.4, -0.2) is 17.6 Å². The highest BCUT2D eigenvalue weighted by Crippen LogP contribution is 2.22. The Bertz CT molecular complexity index is 600. The average molecular weight is 285 g/mol. The standard InChI is InChI=1S/C12H10ClFN2O3/c1-2-18-11(17)10-6-19-12(16-10)15-7-3-4-9(14)8(13)5-7/h3-6H,2H2,1H3,(H,15,16). The van der Waals surface area contributed by atoms with Gasteiger partial charge < -0.3 is 14.5 Å². The first-order valence-corrected chi connectivity index (χ1v) is 5.82. The Kier molecular flexibility index (Phi) is 4.01. The lowest BCUT2D eigenvalue weighted by atomic mass is 10.3. The van der Waals surface area contributed by atoms with Crippen LogP contribution in [0.2, 0.25) is 5.02 Å². The normalized spacial score (nSPS) is 10.3. The summed E-state index contributed by atoms with van der Waals surface area (Å²) in [6.45, 7) is 1.94. The van der Waals surface area contributed by atoms with Crippen molar-refractivity contribution < 1.29 is 18.3 Å². The van der Waals surface area contributed by atoms with Gasteiger partial charge >= 0.3 is 5.97 Å². The van der Waals surface area contributed by atoms with E-state index in [1.54, 1.807) is 6.92 Å². The molecule has 0 bridgehead atoms. The van der Waals surface area contributed by atoms with Crippen molar-refractivity contribution in [2.45, 2.75) is 6.92 Å². The van der Waals surface area contributed by atoms with Crippen LogP contribution >= 0.6 is 11.6 Å². The zero-order valence-electron chi connectivity index (χ0n) is 9.94. The van der Waals surface area contributed by atoms with Crippen LogP contribution in [0.4, 0.5) is 16.1 Å². The zero-order chi connectivity index (χ0) is 13.8. The number of aromatic nitrogens is 1. The molecular weight excluding hydrogens is 275 g/mol. The Morgan fingerprint density at radius 2 is 2.37 bits per heavy atom. The Morgan fingerprint density at radius 3 is 3.05 bits per heavy atom. The minimum atomic E-state index is -0.573. The van der Waals surface area contributed by atoms with Gasteiger partial charge in [0.05, 0.1) is 11.6 Å². The molecule has 0 saturated heterocycles. The number of hydrogen-bond donors (Lipinski definition) is 1. The molecule has 2 aromatic rings. The second kappa shape index (κ2) is 5.71. The first-order chi connectivity index (χ1) is 9.10. The number of halogens is 2. The largest absolute Gasteiger partial charge is 0.461 e. The fourth-order valence-electron chi connectivity index (χ4n) is 1.33. The summed E-state index contributed by atoms with van der Waals surface area (Å²) in [6, 6.07) is 4.14. The molecule has 0 radical (unpaired) electrons. The molecule has 0 fully saturated rings. The van der Waals surface area contributed by atoms with E-state index >= 15 is 0 Å². The van der Waals surface area contributed by atoms with Gasteiger partial charge in [-0.3, -0.25) is 0 Å². The number of nitrogens with one attached hydrogen (secondary N) is 1. The molecule has 0 aliphatic rings. The van der Waals surface area contributed by atoms with Crippen molar-refractivity contribution in [3.8, 4) is 0 Å². The maximum atomic E-state index is 13.0. The molecule has 0 unspecified atom stereocenters. The van der Waals surface area contributed by atoms with Crippen LogP contribution < -0.4 is 5.32 Å². The van der Waals surface area contributed by atoms with Crippen LogP contribution in [0, 0.1) is 5.82 Å². The lowest BCUT2D eigenvalue weighted by molar-refractivity contribution is 0.0519. The van der Waals surface area contributed by atoms with Crippen LogP contribution in [0.3, 0.4) is 0 Å². The van der Waals surface area contributed by atoms with E-state index in [-0.39, 0.29) is 23.3 Å². The van der Waals surface area contributed by atoms with Crippen LogP contribution in [0.5, 0.6) is 0 Å². The number of oxazole rings is 1. The Hall–Kier alpha value is -2.08. The van der Waals surface area contributed by atoms with Gasteiger partial charge in [-0.05, 0) is 25.1 Å². The summed E-state index contributed by atoms with van der Waals surface area (Å²) >= 11 is 5.64. The highest BCUT2D eigenvalue weighted by atomic mass is 35.5. The molecule has 7 heteroatoms. The summed E-state index contributed by atoms with van der Waals surface area (Å²) < 4.78 is 22.8. The first-order valence-electron chi connectivity index (χ1n) is 5.45. The second-order valence-corrected chi connectivity index (χ2v) is 3.92. The molecule has 0 aliphatic carbocycles. The van der Waals surface area contributed by atoms with Crippen molar-refractivity contribution >= 4 is 29.3 Å². The molecule has 0 saturated carbocycles. The number of carbonyl (C=O) groups is 1. The van der Waals surface area contributed by atoms with E-state index in [4.69, 9.17) is 20.8 Å². The van der Waals surface area contributed by atoms with Gasteiger partial charge in [-0.2, -0.15) is 4.98 Å². The molecule has 19 heavy (non-hydrogen) atoms. The molecule has 1 aromatic carbocycles. The van der Waals surface area contributed by atoms with Crippen molar-refractivity contribution in [1.82, 2.24) is 4.98 Å². The highest BCUT2D eigenvalue weighted by molar-refractivity contribution is 6.31. The van der Waals surface area contributed by atoms with E-state index in [2.05, 4.69) is 10.3 Å². The van der Waals surface area contributed by atoms with Gasteiger partial charge in [0.25, 0.3) is 6.01 Å². The third-order valence-corrected chi connectivity index (χ3v) is 2.45. The van der Waals surface area contributed by atoms with E-state index < -0.39 is 11.8 Å². The number of benzene rings is 1. The summed E-state index contributed by atoms with van der Waals surface area (Å²) in [6.07, 6.45) is 1.17. The number of esters is 1. The second-order valence-electron chi connectivity index (χ2n) is 3.51. The quantitative estimate of drug-likeness (QED) is 0.872. The lowest BCUT2D eigenvalue weighted by Crippen LogP contribution is -2.05. The van der Waals surface area contributed by atoms with Crippen molar-refractivity contribution in [3.63, 3.8) is 0 Å². The molecule has 0 aliphatic heterocycles. The maximum absolute atomic E-state index is 13.0. The van der Waals surface area contributed by atoms with Crippen molar-refractivity contribution in [2.75, 3.05) is 11.9 Å². The maximum Gasteiger partial charge on any atom is 0.360 e. The van der Waals surface area contributed by atoms with Gasteiger partial charge in [0.15, 0.2) is 5.69 Å². The predicted molar refractivity (Wildman–Crippen MR) is 67.2 cm³/mol. The third-order valence-electron chi connectivity index (χ3n) is 2.16. The summed E-state index contributed by atoms with van der Waals surface area (Å²) in [5.41, 5.74) is 0.543. The summed E-state index contributed by atoms with van der Waals surface area (Å²) in [5, 5.41) is 2.73. The molecule has 1 aromatic heterocycles. The SMILES string of the molecule is CCOC(=O)c1coc(Nc2ccc(F)c(Cl)c2)n1. The number of nitrogens with zero attached hydrogens (tertiary/aromatic N) is 1. The van der Waals surface area contributed by atoms with Crippen molar-refractivity contribution in [2.24, 2.45) is 0 Å². The molecule has 0 spiro atoms. The molecular formula is C12H10ClFN2O3.